The van der Waals surface area contributed by atoms with Crippen LogP contribution in [0.3, 0.4) is 0 Å². The Morgan fingerprint density at radius 2 is 1.10 bits per heavy atom. The highest BCUT2D eigenvalue weighted by Gasteiger charge is 2.03. The molecular formula is C38H58O2S. The van der Waals surface area contributed by atoms with Crippen LogP contribution in [0.5, 0.6) is 5.75 Å². The molecule has 0 atom stereocenters. The average molecular weight is 579 g/mol. The van der Waals surface area contributed by atoms with Gasteiger partial charge in [0.2, 0.25) is 0 Å². The number of benzene rings is 2. The van der Waals surface area contributed by atoms with Gasteiger partial charge in [-0.2, -0.15) is 0 Å². The molecule has 0 amide bonds. The number of allylic oxidation sites excluding steroid dienone is 1. The molecule has 0 fully saturated rings. The summed E-state index contributed by atoms with van der Waals surface area (Å²) in [5, 5.41) is 0. The predicted octanol–water partition coefficient (Wildman–Crippen LogP) is 12.5. The van der Waals surface area contributed by atoms with Gasteiger partial charge in [0.15, 0.2) is 5.78 Å². The number of ketones is 1. The molecule has 228 valence electrons. The molecule has 41 heavy (non-hydrogen) atoms. The first-order chi connectivity index (χ1) is 20.2. The molecule has 3 heteroatoms. The Bertz CT molecular complexity index is 916. The number of hydrogen-bond donors (Lipinski definition) is 0. The van der Waals surface area contributed by atoms with Gasteiger partial charge in [0.1, 0.15) is 5.75 Å². The van der Waals surface area contributed by atoms with Gasteiger partial charge in [-0.15, -0.1) is 11.8 Å². The van der Waals surface area contributed by atoms with Crippen LogP contribution >= 0.6 is 11.8 Å². The molecule has 0 aliphatic carbocycles. The lowest BCUT2D eigenvalue weighted by atomic mass is 10.0. The van der Waals surface area contributed by atoms with Crippen LogP contribution in [0.25, 0.3) is 6.08 Å². The maximum Gasteiger partial charge on any atom is 0.185 e. The van der Waals surface area contributed by atoms with E-state index in [1.165, 1.54) is 114 Å². The van der Waals surface area contributed by atoms with E-state index < -0.39 is 0 Å². The van der Waals surface area contributed by atoms with Gasteiger partial charge in [0.05, 0.1) is 6.61 Å². The molecule has 0 saturated carbocycles. The van der Waals surface area contributed by atoms with Gasteiger partial charge in [-0.25, -0.2) is 0 Å². The van der Waals surface area contributed by atoms with E-state index >= 15 is 0 Å². The lowest BCUT2D eigenvalue weighted by molar-refractivity contribution is 0.104. The minimum absolute atomic E-state index is 0.0338. The molecule has 0 spiro atoms. The second-order valence-electron chi connectivity index (χ2n) is 11.5. The molecular weight excluding hydrogens is 520 g/mol. The summed E-state index contributed by atoms with van der Waals surface area (Å²) in [5.41, 5.74) is 1.74. The molecule has 0 unspecified atom stereocenters. The van der Waals surface area contributed by atoms with Gasteiger partial charge < -0.3 is 4.74 Å². The summed E-state index contributed by atoms with van der Waals surface area (Å²) >= 11 is 1.83. The largest absolute Gasteiger partial charge is 0.494 e. The second-order valence-corrected chi connectivity index (χ2v) is 12.7. The SMILES string of the molecule is CCCCCCCCCCCCCCCCCCCCOc1ccc(/C=C/C(=O)c2ccc(SCCC)cc2)cc1. The third kappa shape index (κ3) is 18.2. The first kappa shape index (κ1) is 35.2. The third-order valence-electron chi connectivity index (χ3n) is 7.69. The fourth-order valence-electron chi connectivity index (χ4n) is 5.07. The number of carbonyl (C=O) groups is 1. The molecule has 0 saturated heterocycles. The topological polar surface area (TPSA) is 26.3 Å². The number of thioether (sulfide) groups is 1. The fourth-order valence-corrected chi connectivity index (χ4v) is 5.84. The summed E-state index contributed by atoms with van der Waals surface area (Å²) in [6.07, 6.45) is 29.7. The summed E-state index contributed by atoms with van der Waals surface area (Å²) in [7, 11) is 0. The lowest BCUT2D eigenvalue weighted by Gasteiger charge is -2.07. The number of rotatable bonds is 26. The second kappa shape index (κ2) is 24.6. The Kier molecular flexibility index (Phi) is 21.1. The van der Waals surface area contributed by atoms with Gasteiger partial charge in [-0.3, -0.25) is 4.79 Å². The number of hydrogen-bond acceptors (Lipinski definition) is 3. The number of carbonyl (C=O) groups excluding carboxylic acids is 1. The van der Waals surface area contributed by atoms with E-state index in [2.05, 4.69) is 13.8 Å². The maximum atomic E-state index is 12.5. The quantitative estimate of drug-likeness (QED) is 0.0480. The molecule has 0 aromatic heterocycles. The van der Waals surface area contributed by atoms with Crippen LogP contribution < -0.4 is 4.74 Å². The Morgan fingerprint density at radius 3 is 1.59 bits per heavy atom. The smallest absolute Gasteiger partial charge is 0.185 e. The Hall–Kier alpha value is -2.00. The molecule has 0 aliphatic heterocycles. The molecule has 2 aromatic rings. The van der Waals surface area contributed by atoms with Crippen LogP contribution in [0.15, 0.2) is 59.5 Å². The Balaban J connectivity index is 1.42. The van der Waals surface area contributed by atoms with Crippen molar-refractivity contribution in [3.05, 3.63) is 65.7 Å². The van der Waals surface area contributed by atoms with Gasteiger partial charge in [0.25, 0.3) is 0 Å². The van der Waals surface area contributed by atoms with Crippen molar-refractivity contribution in [1.82, 2.24) is 0 Å². The zero-order chi connectivity index (χ0) is 29.2. The van der Waals surface area contributed by atoms with Crippen molar-refractivity contribution >= 4 is 23.6 Å². The van der Waals surface area contributed by atoms with E-state index in [-0.39, 0.29) is 5.78 Å². The van der Waals surface area contributed by atoms with Gasteiger partial charge in [0, 0.05) is 10.5 Å². The molecule has 2 aromatic carbocycles. The Labute approximate surface area is 257 Å². The maximum absolute atomic E-state index is 12.5. The molecule has 0 aliphatic rings. The minimum atomic E-state index is 0.0338. The summed E-state index contributed by atoms with van der Waals surface area (Å²) in [4.78, 5) is 13.7. The van der Waals surface area contributed by atoms with Gasteiger partial charge in [-0.1, -0.05) is 141 Å². The van der Waals surface area contributed by atoms with Crippen LogP contribution in [-0.2, 0) is 0 Å². The van der Waals surface area contributed by atoms with E-state index in [0.29, 0.717) is 0 Å². The van der Waals surface area contributed by atoms with Gasteiger partial charge in [-0.05, 0) is 66.6 Å². The van der Waals surface area contributed by atoms with E-state index in [1.807, 2.05) is 66.4 Å². The van der Waals surface area contributed by atoms with E-state index in [4.69, 9.17) is 4.74 Å². The van der Waals surface area contributed by atoms with Crippen molar-refractivity contribution in [1.29, 1.82) is 0 Å². The van der Waals surface area contributed by atoms with Crippen molar-refractivity contribution < 1.29 is 9.53 Å². The molecule has 0 radical (unpaired) electrons. The number of unbranched alkanes of at least 4 members (excludes halogenated alkanes) is 17. The fraction of sp³-hybridized carbons (Fsp3) is 0.605. The molecule has 2 nitrogen and oxygen atoms in total. The minimum Gasteiger partial charge on any atom is -0.494 e. The van der Waals surface area contributed by atoms with E-state index in [0.717, 1.165) is 42.1 Å². The monoisotopic (exact) mass is 578 g/mol. The predicted molar refractivity (Wildman–Crippen MR) is 182 cm³/mol. The Morgan fingerprint density at radius 1 is 0.610 bits per heavy atom. The standard InChI is InChI=1S/C38H58O2S/c1-3-5-6-7-8-9-10-11-12-13-14-15-16-17-18-19-20-21-32-40-36-27-22-34(23-28-36)24-31-38(39)35-25-29-37(30-26-35)41-33-4-2/h22-31H,3-21,32-33H2,1-2H3/b31-24+. The van der Waals surface area contributed by atoms with Crippen LogP contribution in [0, 0.1) is 0 Å². The summed E-state index contributed by atoms with van der Waals surface area (Å²) in [6.45, 7) is 5.25. The highest BCUT2D eigenvalue weighted by atomic mass is 32.2. The average Bonchev–Trinajstić information content (AvgIpc) is 3.00. The van der Waals surface area contributed by atoms with Crippen molar-refractivity contribution in [2.24, 2.45) is 0 Å². The highest BCUT2D eigenvalue weighted by molar-refractivity contribution is 7.99. The first-order valence-corrected chi connectivity index (χ1v) is 17.9. The van der Waals surface area contributed by atoms with Crippen LogP contribution in [0.4, 0.5) is 0 Å². The van der Waals surface area contributed by atoms with E-state index in [9.17, 15) is 4.79 Å². The van der Waals surface area contributed by atoms with Crippen LogP contribution in [0.2, 0.25) is 0 Å². The third-order valence-corrected chi connectivity index (χ3v) is 8.90. The summed E-state index contributed by atoms with van der Waals surface area (Å²) < 4.78 is 5.93. The van der Waals surface area contributed by atoms with Crippen molar-refractivity contribution in [3.63, 3.8) is 0 Å². The van der Waals surface area contributed by atoms with Crippen LogP contribution in [-0.4, -0.2) is 18.1 Å². The highest BCUT2D eigenvalue weighted by Crippen LogP contribution is 2.20. The molecule has 0 N–H and O–H groups in total. The normalized spacial score (nSPS) is 11.4. The summed E-state index contributed by atoms with van der Waals surface area (Å²) in [5.74, 6) is 2.04. The van der Waals surface area contributed by atoms with Crippen LogP contribution in [0.1, 0.15) is 152 Å². The first-order valence-electron chi connectivity index (χ1n) is 16.9. The van der Waals surface area contributed by atoms with Gasteiger partial charge >= 0.3 is 0 Å². The van der Waals surface area contributed by atoms with Crippen molar-refractivity contribution in [2.75, 3.05) is 12.4 Å². The molecule has 2 rings (SSSR count). The lowest BCUT2D eigenvalue weighted by Crippen LogP contribution is -1.97. The zero-order valence-corrected chi connectivity index (χ0v) is 27.2. The van der Waals surface area contributed by atoms with Crippen molar-refractivity contribution in [3.8, 4) is 5.75 Å². The summed E-state index contributed by atoms with van der Waals surface area (Å²) in [6, 6.07) is 15.9. The molecule has 0 bridgehead atoms. The van der Waals surface area contributed by atoms with Crippen molar-refractivity contribution in [2.45, 2.75) is 141 Å². The molecule has 0 heterocycles. The number of ether oxygens (including phenoxy) is 1. The zero-order valence-electron chi connectivity index (χ0n) is 26.3. The van der Waals surface area contributed by atoms with E-state index in [1.54, 1.807) is 6.08 Å².